The van der Waals surface area contributed by atoms with Crippen molar-refractivity contribution in [3.05, 3.63) is 68.7 Å². The number of rotatable bonds is 6. The molecule has 0 radical (unpaired) electrons. The first-order chi connectivity index (χ1) is 10.1. The number of nitrogens with one attached hydrogen (secondary N) is 1. The summed E-state index contributed by atoms with van der Waals surface area (Å²) in [5, 5.41) is 4.46. The fourth-order valence-electron chi connectivity index (χ4n) is 2.38. The summed E-state index contributed by atoms with van der Waals surface area (Å²) in [5.74, 6) is 0. The fraction of sp³-hybridized carbons (Fsp3) is 0.333. The third-order valence-electron chi connectivity index (χ3n) is 3.53. The quantitative estimate of drug-likeness (QED) is 0.692. The molecule has 1 nitrogen and oxygen atoms in total. The Hall–Kier alpha value is -0.830. The van der Waals surface area contributed by atoms with E-state index in [0.717, 1.165) is 28.9 Å². The summed E-state index contributed by atoms with van der Waals surface area (Å²) in [6.07, 6.45) is 2.05. The Labute approximate surface area is 140 Å². The molecule has 1 N–H and O–H groups in total. The molecule has 0 bridgehead atoms. The van der Waals surface area contributed by atoms with Crippen molar-refractivity contribution in [1.82, 2.24) is 5.32 Å². The standard InChI is InChI=1S/C18H21BrClN/c1-3-10-21-18(12-14-5-7-15(19)8-6-14)16-9-4-13(2)11-17(16)20/h4-9,11,18,21H,3,10,12H2,1-2H3. The van der Waals surface area contributed by atoms with E-state index < -0.39 is 0 Å². The van der Waals surface area contributed by atoms with E-state index in [1.54, 1.807) is 0 Å². The van der Waals surface area contributed by atoms with Gasteiger partial charge in [-0.1, -0.05) is 58.7 Å². The topological polar surface area (TPSA) is 12.0 Å². The highest BCUT2D eigenvalue weighted by molar-refractivity contribution is 9.10. The average Bonchev–Trinajstić information content (AvgIpc) is 2.46. The molecule has 0 saturated heterocycles. The van der Waals surface area contributed by atoms with Crippen LogP contribution >= 0.6 is 27.5 Å². The highest BCUT2D eigenvalue weighted by Gasteiger charge is 2.14. The Morgan fingerprint density at radius 3 is 2.48 bits per heavy atom. The van der Waals surface area contributed by atoms with Crippen LogP contribution < -0.4 is 5.32 Å². The van der Waals surface area contributed by atoms with Gasteiger partial charge in [0.25, 0.3) is 0 Å². The van der Waals surface area contributed by atoms with Crippen LogP contribution in [0.5, 0.6) is 0 Å². The van der Waals surface area contributed by atoms with Crippen molar-refractivity contribution in [2.45, 2.75) is 32.7 Å². The number of benzene rings is 2. The summed E-state index contributed by atoms with van der Waals surface area (Å²) >= 11 is 9.93. The van der Waals surface area contributed by atoms with Gasteiger partial charge >= 0.3 is 0 Å². The predicted octanol–water partition coefficient (Wildman–Crippen LogP) is 5.69. The molecule has 0 saturated carbocycles. The van der Waals surface area contributed by atoms with Crippen LogP contribution in [0, 0.1) is 6.92 Å². The second-order valence-corrected chi connectivity index (χ2v) is 6.69. The van der Waals surface area contributed by atoms with E-state index >= 15 is 0 Å². The van der Waals surface area contributed by atoms with E-state index in [1.807, 2.05) is 6.07 Å². The van der Waals surface area contributed by atoms with Gasteiger partial charge in [-0.25, -0.2) is 0 Å². The molecule has 0 amide bonds. The molecule has 1 atom stereocenters. The maximum atomic E-state index is 6.45. The van der Waals surface area contributed by atoms with Gasteiger partial charge in [-0.05, 0) is 61.2 Å². The maximum Gasteiger partial charge on any atom is 0.0456 e. The van der Waals surface area contributed by atoms with Crippen LogP contribution in [0.3, 0.4) is 0 Å². The van der Waals surface area contributed by atoms with Crippen molar-refractivity contribution >= 4 is 27.5 Å². The van der Waals surface area contributed by atoms with Gasteiger partial charge in [0, 0.05) is 15.5 Å². The van der Waals surface area contributed by atoms with E-state index in [0.29, 0.717) is 0 Å². The zero-order chi connectivity index (χ0) is 15.2. The Kier molecular flexibility index (Phi) is 6.28. The zero-order valence-electron chi connectivity index (χ0n) is 12.5. The van der Waals surface area contributed by atoms with Crippen LogP contribution in [0.4, 0.5) is 0 Å². The minimum Gasteiger partial charge on any atom is -0.310 e. The molecule has 0 aliphatic carbocycles. The molecule has 112 valence electrons. The van der Waals surface area contributed by atoms with Gasteiger partial charge in [0.15, 0.2) is 0 Å². The van der Waals surface area contributed by atoms with Crippen LogP contribution in [0.15, 0.2) is 46.9 Å². The molecule has 0 aliphatic rings. The molecule has 3 heteroatoms. The SMILES string of the molecule is CCCNC(Cc1ccc(Br)cc1)c1ccc(C)cc1Cl. The summed E-state index contributed by atoms with van der Waals surface area (Å²) in [5.41, 5.74) is 3.68. The lowest BCUT2D eigenvalue weighted by Gasteiger charge is -2.21. The monoisotopic (exact) mass is 365 g/mol. The summed E-state index contributed by atoms with van der Waals surface area (Å²) < 4.78 is 1.11. The molecule has 0 heterocycles. The number of aryl methyl sites for hydroxylation is 1. The van der Waals surface area contributed by atoms with Crippen LogP contribution in [0.1, 0.15) is 36.1 Å². The summed E-state index contributed by atoms with van der Waals surface area (Å²) in [6, 6.07) is 15.1. The summed E-state index contributed by atoms with van der Waals surface area (Å²) in [4.78, 5) is 0. The van der Waals surface area contributed by atoms with Crippen LogP contribution in [0.25, 0.3) is 0 Å². The normalized spacial score (nSPS) is 12.4. The molecule has 0 fully saturated rings. The lowest BCUT2D eigenvalue weighted by Crippen LogP contribution is -2.24. The molecule has 2 aromatic carbocycles. The Morgan fingerprint density at radius 1 is 1.14 bits per heavy atom. The Morgan fingerprint density at radius 2 is 1.86 bits per heavy atom. The Balaban J connectivity index is 2.22. The van der Waals surface area contributed by atoms with Gasteiger partial charge in [-0.3, -0.25) is 0 Å². The van der Waals surface area contributed by atoms with Crippen LogP contribution in [-0.2, 0) is 6.42 Å². The largest absolute Gasteiger partial charge is 0.310 e. The van der Waals surface area contributed by atoms with Crippen molar-refractivity contribution < 1.29 is 0 Å². The minimum atomic E-state index is 0.249. The number of hydrogen-bond acceptors (Lipinski definition) is 1. The van der Waals surface area contributed by atoms with Gasteiger partial charge in [-0.15, -0.1) is 0 Å². The molecule has 1 unspecified atom stereocenters. The highest BCUT2D eigenvalue weighted by Crippen LogP contribution is 2.27. The second kappa shape index (κ2) is 7.98. The van der Waals surface area contributed by atoms with Crippen molar-refractivity contribution in [3.8, 4) is 0 Å². The maximum absolute atomic E-state index is 6.45. The minimum absolute atomic E-state index is 0.249. The van der Waals surface area contributed by atoms with E-state index in [1.165, 1.54) is 16.7 Å². The van der Waals surface area contributed by atoms with Gasteiger partial charge in [0.05, 0.1) is 0 Å². The third-order valence-corrected chi connectivity index (χ3v) is 4.38. The third kappa shape index (κ3) is 4.84. The van der Waals surface area contributed by atoms with Gasteiger partial charge in [-0.2, -0.15) is 0 Å². The Bertz CT molecular complexity index is 580. The molecular formula is C18H21BrClN. The van der Waals surface area contributed by atoms with Crippen LogP contribution in [-0.4, -0.2) is 6.54 Å². The average molecular weight is 367 g/mol. The molecule has 2 rings (SSSR count). The van der Waals surface area contributed by atoms with E-state index in [-0.39, 0.29) is 6.04 Å². The first kappa shape index (κ1) is 16.5. The number of halogens is 2. The first-order valence-electron chi connectivity index (χ1n) is 7.34. The van der Waals surface area contributed by atoms with Crippen molar-refractivity contribution in [3.63, 3.8) is 0 Å². The van der Waals surface area contributed by atoms with Crippen molar-refractivity contribution in [2.75, 3.05) is 6.54 Å². The molecule has 0 spiro atoms. The van der Waals surface area contributed by atoms with E-state index in [4.69, 9.17) is 11.6 Å². The zero-order valence-corrected chi connectivity index (χ0v) is 14.8. The van der Waals surface area contributed by atoms with Crippen molar-refractivity contribution in [2.24, 2.45) is 0 Å². The molecular weight excluding hydrogens is 346 g/mol. The van der Waals surface area contributed by atoms with Gasteiger partial charge in [0.2, 0.25) is 0 Å². The lowest BCUT2D eigenvalue weighted by atomic mass is 9.97. The van der Waals surface area contributed by atoms with Crippen LogP contribution in [0.2, 0.25) is 5.02 Å². The number of hydrogen-bond donors (Lipinski definition) is 1. The van der Waals surface area contributed by atoms with E-state index in [9.17, 15) is 0 Å². The van der Waals surface area contributed by atoms with E-state index in [2.05, 4.69) is 71.5 Å². The second-order valence-electron chi connectivity index (χ2n) is 5.36. The molecule has 0 aliphatic heterocycles. The fourth-order valence-corrected chi connectivity index (χ4v) is 3.01. The molecule has 0 aromatic heterocycles. The highest BCUT2D eigenvalue weighted by atomic mass is 79.9. The summed E-state index contributed by atoms with van der Waals surface area (Å²) in [7, 11) is 0. The van der Waals surface area contributed by atoms with Gasteiger partial charge < -0.3 is 5.32 Å². The summed E-state index contributed by atoms with van der Waals surface area (Å²) in [6.45, 7) is 5.24. The predicted molar refractivity (Wildman–Crippen MR) is 95.1 cm³/mol. The molecule has 2 aromatic rings. The van der Waals surface area contributed by atoms with Gasteiger partial charge in [0.1, 0.15) is 0 Å². The lowest BCUT2D eigenvalue weighted by molar-refractivity contribution is 0.529. The van der Waals surface area contributed by atoms with Crippen molar-refractivity contribution in [1.29, 1.82) is 0 Å². The first-order valence-corrected chi connectivity index (χ1v) is 8.51. The molecule has 21 heavy (non-hydrogen) atoms. The smallest absolute Gasteiger partial charge is 0.0456 e.